The predicted molar refractivity (Wildman–Crippen MR) is 70.6 cm³/mol. The van der Waals surface area contributed by atoms with Crippen LogP contribution in [0, 0.1) is 5.82 Å². The van der Waals surface area contributed by atoms with Gasteiger partial charge in [0.1, 0.15) is 17.3 Å². The number of hydrogen-bond donors (Lipinski definition) is 0. The highest BCUT2D eigenvalue weighted by Crippen LogP contribution is 2.30. The van der Waals surface area contributed by atoms with Gasteiger partial charge in [0.25, 0.3) is 0 Å². The van der Waals surface area contributed by atoms with E-state index in [0.717, 1.165) is 0 Å². The molecule has 0 aliphatic carbocycles. The van der Waals surface area contributed by atoms with Gasteiger partial charge in [-0.15, -0.1) is 0 Å². The standard InChI is InChI=1S/C14H10BrFO2/c1-9(17)10-5-6-14(13(15)7-10)18-12-4-2-3-11(16)8-12/h2-8H,1H3. The molecule has 2 aromatic rings. The summed E-state index contributed by atoms with van der Waals surface area (Å²) in [7, 11) is 0. The van der Waals surface area contributed by atoms with E-state index < -0.39 is 0 Å². The highest BCUT2D eigenvalue weighted by molar-refractivity contribution is 9.10. The summed E-state index contributed by atoms with van der Waals surface area (Å²) in [6.45, 7) is 1.49. The van der Waals surface area contributed by atoms with E-state index in [2.05, 4.69) is 15.9 Å². The van der Waals surface area contributed by atoms with Gasteiger partial charge in [-0.25, -0.2) is 4.39 Å². The van der Waals surface area contributed by atoms with Gasteiger partial charge in [-0.2, -0.15) is 0 Å². The third-order valence-corrected chi connectivity index (χ3v) is 2.98. The van der Waals surface area contributed by atoms with E-state index in [0.29, 0.717) is 21.5 Å². The van der Waals surface area contributed by atoms with E-state index in [9.17, 15) is 9.18 Å². The minimum Gasteiger partial charge on any atom is -0.456 e. The predicted octanol–water partition coefficient (Wildman–Crippen LogP) is 4.58. The van der Waals surface area contributed by atoms with Crippen molar-refractivity contribution in [3.8, 4) is 11.5 Å². The number of carbonyl (C=O) groups excluding carboxylic acids is 1. The molecule has 0 spiro atoms. The van der Waals surface area contributed by atoms with Crippen molar-refractivity contribution < 1.29 is 13.9 Å². The summed E-state index contributed by atoms with van der Waals surface area (Å²) in [5, 5.41) is 0. The Hall–Kier alpha value is -1.68. The fraction of sp³-hybridized carbons (Fsp3) is 0.0714. The van der Waals surface area contributed by atoms with Gasteiger partial charge in [0, 0.05) is 11.6 Å². The van der Waals surface area contributed by atoms with E-state index in [1.165, 1.54) is 19.1 Å². The Labute approximate surface area is 113 Å². The molecule has 0 radical (unpaired) electrons. The molecule has 0 N–H and O–H groups in total. The third-order valence-electron chi connectivity index (χ3n) is 2.36. The maximum Gasteiger partial charge on any atom is 0.159 e. The van der Waals surface area contributed by atoms with Crippen molar-refractivity contribution in [2.24, 2.45) is 0 Å². The van der Waals surface area contributed by atoms with Crippen LogP contribution in [-0.4, -0.2) is 5.78 Å². The molecule has 0 amide bonds. The minimum absolute atomic E-state index is 0.0204. The van der Waals surface area contributed by atoms with E-state index in [-0.39, 0.29) is 11.6 Å². The molecule has 2 nitrogen and oxygen atoms in total. The number of ether oxygens (including phenoxy) is 1. The second kappa shape index (κ2) is 5.31. The monoisotopic (exact) mass is 308 g/mol. The first-order valence-corrected chi connectivity index (χ1v) is 6.09. The van der Waals surface area contributed by atoms with Gasteiger partial charge in [-0.05, 0) is 53.2 Å². The summed E-state index contributed by atoms with van der Waals surface area (Å²) in [5.41, 5.74) is 0.591. The van der Waals surface area contributed by atoms with Crippen LogP contribution in [0.15, 0.2) is 46.9 Å². The van der Waals surface area contributed by atoms with Crippen molar-refractivity contribution in [2.45, 2.75) is 6.92 Å². The molecule has 18 heavy (non-hydrogen) atoms. The molecule has 2 rings (SSSR count). The molecule has 4 heteroatoms. The van der Waals surface area contributed by atoms with Crippen LogP contribution in [0.25, 0.3) is 0 Å². The Bertz CT molecular complexity index is 596. The van der Waals surface area contributed by atoms with Crippen LogP contribution >= 0.6 is 15.9 Å². The van der Waals surface area contributed by atoms with Crippen molar-refractivity contribution in [2.75, 3.05) is 0 Å². The van der Waals surface area contributed by atoms with Gasteiger partial charge in [-0.1, -0.05) is 6.07 Å². The van der Waals surface area contributed by atoms with Gasteiger partial charge in [-0.3, -0.25) is 4.79 Å². The molecule has 0 fully saturated rings. The van der Waals surface area contributed by atoms with Crippen LogP contribution in [0.1, 0.15) is 17.3 Å². The van der Waals surface area contributed by atoms with Crippen LogP contribution in [0.3, 0.4) is 0 Å². The Kier molecular flexibility index (Phi) is 3.77. The van der Waals surface area contributed by atoms with Gasteiger partial charge in [0.05, 0.1) is 4.47 Å². The molecule has 0 aromatic heterocycles. The molecule has 0 heterocycles. The first kappa shape index (κ1) is 12.8. The zero-order valence-corrected chi connectivity index (χ0v) is 11.2. The lowest BCUT2D eigenvalue weighted by Crippen LogP contribution is -1.93. The minimum atomic E-state index is -0.357. The first-order chi connectivity index (χ1) is 8.56. The van der Waals surface area contributed by atoms with Crippen molar-refractivity contribution in [3.63, 3.8) is 0 Å². The van der Waals surface area contributed by atoms with E-state index >= 15 is 0 Å². The smallest absolute Gasteiger partial charge is 0.159 e. The molecule has 0 atom stereocenters. The highest BCUT2D eigenvalue weighted by Gasteiger charge is 2.07. The van der Waals surface area contributed by atoms with E-state index in [1.807, 2.05) is 0 Å². The summed E-state index contributed by atoms with van der Waals surface area (Å²) < 4.78 is 19.2. The zero-order chi connectivity index (χ0) is 13.1. The lowest BCUT2D eigenvalue weighted by molar-refractivity contribution is 0.101. The largest absolute Gasteiger partial charge is 0.456 e. The maximum absolute atomic E-state index is 13.0. The Morgan fingerprint density at radius 2 is 2.00 bits per heavy atom. The molecule has 2 aromatic carbocycles. The molecule has 0 unspecified atom stereocenters. The van der Waals surface area contributed by atoms with Gasteiger partial charge in [0.2, 0.25) is 0 Å². The molecule has 92 valence electrons. The first-order valence-electron chi connectivity index (χ1n) is 5.30. The van der Waals surface area contributed by atoms with Crippen molar-refractivity contribution in [1.82, 2.24) is 0 Å². The van der Waals surface area contributed by atoms with Crippen molar-refractivity contribution in [1.29, 1.82) is 0 Å². The van der Waals surface area contributed by atoms with Crippen LogP contribution in [0.2, 0.25) is 0 Å². The molecular formula is C14H10BrFO2. The van der Waals surface area contributed by atoms with Crippen LogP contribution in [0.5, 0.6) is 11.5 Å². The average Bonchev–Trinajstić information content (AvgIpc) is 2.31. The normalized spacial score (nSPS) is 10.2. The van der Waals surface area contributed by atoms with Crippen LogP contribution in [-0.2, 0) is 0 Å². The SMILES string of the molecule is CC(=O)c1ccc(Oc2cccc(F)c2)c(Br)c1. The van der Waals surface area contributed by atoms with Crippen LogP contribution < -0.4 is 4.74 Å². The van der Waals surface area contributed by atoms with Crippen molar-refractivity contribution >= 4 is 21.7 Å². The summed E-state index contributed by atoms with van der Waals surface area (Å²) >= 11 is 3.32. The van der Waals surface area contributed by atoms with Crippen molar-refractivity contribution in [3.05, 3.63) is 58.3 Å². The van der Waals surface area contributed by atoms with Crippen LogP contribution in [0.4, 0.5) is 4.39 Å². The molecule has 0 saturated carbocycles. The summed E-state index contributed by atoms with van der Waals surface area (Å²) in [6, 6.07) is 10.9. The lowest BCUT2D eigenvalue weighted by atomic mass is 10.1. The highest BCUT2D eigenvalue weighted by atomic mass is 79.9. The Morgan fingerprint density at radius 1 is 1.22 bits per heavy atom. The molecule has 0 bridgehead atoms. The molecule has 0 aliphatic rings. The maximum atomic E-state index is 13.0. The average molecular weight is 309 g/mol. The molecular weight excluding hydrogens is 299 g/mol. The third kappa shape index (κ3) is 2.96. The summed E-state index contributed by atoms with van der Waals surface area (Å²) in [5.74, 6) is 0.564. The van der Waals surface area contributed by atoms with Gasteiger partial charge < -0.3 is 4.74 Å². The summed E-state index contributed by atoms with van der Waals surface area (Å²) in [4.78, 5) is 11.2. The number of benzene rings is 2. The number of rotatable bonds is 3. The lowest BCUT2D eigenvalue weighted by Gasteiger charge is -2.08. The Morgan fingerprint density at radius 3 is 2.61 bits per heavy atom. The zero-order valence-electron chi connectivity index (χ0n) is 9.61. The number of halogens is 2. The van der Waals surface area contributed by atoms with E-state index in [1.54, 1.807) is 30.3 Å². The topological polar surface area (TPSA) is 26.3 Å². The summed E-state index contributed by atoms with van der Waals surface area (Å²) in [6.07, 6.45) is 0. The van der Waals surface area contributed by atoms with Gasteiger partial charge in [0.15, 0.2) is 5.78 Å². The quantitative estimate of drug-likeness (QED) is 0.776. The second-order valence-corrected chi connectivity index (χ2v) is 4.62. The fourth-order valence-electron chi connectivity index (χ4n) is 1.46. The molecule has 0 saturated heterocycles. The fourth-order valence-corrected chi connectivity index (χ4v) is 1.92. The number of hydrogen-bond acceptors (Lipinski definition) is 2. The number of ketones is 1. The Balaban J connectivity index is 2.27. The second-order valence-electron chi connectivity index (χ2n) is 3.76. The van der Waals surface area contributed by atoms with E-state index in [4.69, 9.17) is 4.74 Å². The van der Waals surface area contributed by atoms with Gasteiger partial charge >= 0.3 is 0 Å². The number of carbonyl (C=O) groups is 1. The number of Topliss-reactive ketones (excluding diaryl/α,β-unsaturated/α-hetero) is 1. The molecule has 0 aliphatic heterocycles.